The number of likely N-dealkylation sites (N-methyl/N-ethyl adjacent to an activating group) is 1. The van der Waals surface area contributed by atoms with Gasteiger partial charge in [0.1, 0.15) is 0 Å². The summed E-state index contributed by atoms with van der Waals surface area (Å²) < 4.78 is 1.09. The van der Waals surface area contributed by atoms with Crippen LogP contribution in [0.25, 0.3) is 16.3 Å². The van der Waals surface area contributed by atoms with E-state index in [-0.39, 0.29) is 18.3 Å². The topological polar surface area (TPSA) is 36.4 Å². The average Bonchev–Trinajstić information content (AvgIpc) is 3.20. The molecular weight excluding hydrogens is 469 g/mol. The maximum Gasteiger partial charge on any atom is 0.252 e. The first-order valence-electron chi connectivity index (χ1n) is 9.97. The standard InChI is InChI=1S/C23H26ClN3OS2.ClH/c1-4-26(5-2)15-16-27(21(28)14-13-17-9-6-7-10-18(17)24)23-25-22-19(29-3)11-8-12-20(22)30-23;/h6-14H,4-5,15-16H2,1-3H3;1H. The minimum atomic E-state index is -0.0909. The highest BCUT2D eigenvalue weighted by atomic mass is 35.5. The van der Waals surface area contributed by atoms with Gasteiger partial charge in [0.25, 0.3) is 5.91 Å². The van der Waals surface area contributed by atoms with Gasteiger partial charge in [-0.05, 0) is 49.2 Å². The van der Waals surface area contributed by atoms with Crippen molar-refractivity contribution in [2.75, 3.05) is 37.3 Å². The molecular formula is C23H27Cl2N3OS2. The lowest BCUT2D eigenvalue weighted by atomic mass is 10.2. The third-order valence-electron chi connectivity index (χ3n) is 4.93. The summed E-state index contributed by atoms with van der Waals surface area (Å²) in [6, 6.07) is 13.7. The molecule has 0 spiro atoms. The van der Waals surface area contributed by atoms with Crippen LogP contribution in [0, 0.1) is 0 Å². The fraction of sp³-hybridized carbons (Fsp3) is 0.304. The van der Waals surface area contributed by atoms with E-state index in [1.807, 2.05) is 36.6 Å². The van der Waals surface area contributed by atoms with Crippen LogP contribution in [0.5, 0.6) is 0 Å². The molecule has 166 valence electrons. The maximum absolute atomic E-state index is 13.2. The molecule has 0 aliphatic heterocycles. The second-order valence-corrected chi connectivity index (χ2v) is 8.94. The van der Waals surface area contributed by atoms with Gasteiger partial charge in [0.2, 0.25) is 0 Å². The normalized spacial score (nSPS) is 11.3. The van der Waals surface area contributed by atoms with E-state index < -0.39 is 0 Å². The summed E-state index contributed by atoms with van der Waals surface area (Å²) in [6.45, 7) is 7.55. The summed E-state index contributed by atoms with van der Waals surface area (Å²) in [7, 11) is 0. The Bertz CT molecular complexity index is 1030. The van der Waals surface area contributed by atoms with E-state index in [9.17, 15) is 4.79 Å². The van der Waals surface area contributed by atoms with Gasteiger partial charge in [0, 0.05) is 29.1 Å². The largest absolute Gasteiger partial charge is 0.302 e. The molecule has 0 bridgehead atoms. The molecule has 8 heteroatoms. The lowest BCUT2D eigenvalue weighted by molar-refractivity contribution is -0.114. The lowest BCUT2D eigenvalue weighted by Gasteiger charge is -2.23. The zero-order valence-electron chi connectivity index (χ0n) is 17.9. The Morgan fingerprint density at radius 3 is 2.55 bits per heavy atom. The van der Waals surface area contributed by atoms with E-state index in [0.717, 1.165) is 45.4 Å². The Morgan fingerprint density at radius 2 is 1.87 bits per heavy atom. The van der Waals surface area contributed by atoms with Gasteiger partial charge in [0.05, 0.1) is 10.2 Å². The van der Waals surface area contributed by atoms with Crippen LogP contribution in [0.3, 0.4) is 0 Å². The Labute approximate surface area is 203 Å². The minimum absolute atomic E-state index is 0. The Kier molecular flexibility index (Phi) is 10.3. The van der Waals surface area contributed by atoms with Crippen LogP contribution in [0.4, 0.5) is 5.13 Å². The van der Waals surface area contributed by atoms with E-state index in [2.05, 4.69) is 30.9 Å². The molecule has 0 fully saturated rings. The van der Waals surface area contributed by atoms with E-state index in [1.165, 1.54) is 0 Å². The van der Waals surface area contributed by atoms with E-state index in [1.54, 1.807) is 40.2 Å². The van der Waals surface area contributed by atoms with E-state index >= 15 is 0 Å². The number of carbonyl (C=O) groups excluding carboxylic acids is 1. The average molecular weight is 497 g/mol. The molecule has 4 nitrogen and oxygen atoms in total. The third kappa shape index (κ3) is 6.46. The summed E-state index contributed by atoms with van der Waals surface area (Å²) in [5, 5.41) is 1.35. The smallest absolute Gasteiger partial charge is 0.252 e. The highest BCUT2D eigenvalue weighted by Gasteiger charge is 2.19. The number of hydrogen-bond donors (Lipinski definition) is 0. The molecule has 0 aliphatic rings. The molecule has 1 aromatic heterocycles. The van der Waals surface area contributed by atoms with Crippen molar-refractivity contribution in [2.45, 2.75) is 18.7 Å². The fourth-order valence-corrected chi connectivity index (χ4v) is 4.99. The molecule has 0 atom stereocenters. The van der Waals surface area contributed by atoms with Crippen LogP contribution in [0.1, 0.15) is 19.4 Å². The molecule has 2 aromatic carbocycles. The summed E-state index contributed by atoms with van der Waals surface area (Å²) in [6.07, 6.45) is 5.41. The zero-order chi connectivity index (χ0) is 21.5. The second kappa shape index (κ2) is 12.5. The molecule has 0 unspecified atom stereocenters. The first-order chi connectivity index (χ1) is 14.6. The number of hydrogen-bond acceptors (Lipinski definition) is 5. The van der Waals surface area contributed by atoms with Gasteiger partial charge in [-0.1, -0.05) is 61.1 Å². The molecule has 1 heterocycles. The van der Waals surface area contributed by atoms with Crippen LogP contribution >= 0.6 is 47.1 Å². The number of para-hydroxylation sites is 1. The number of carbonyl (C=O) groups is 1. The number of fused-ring (bicyclic) bond motifs is 1. The first-order valence-corrected chi connectivity index (χ1v) is 12.4. The minimum Gasteiger partial charge on any atom is -0.302 e. The monoisotopic (exact) mass is 495 g/mol. The fourth-order valence-electron chi connectivity index (χ4n) is 3.13. The van der Waals surface area contributed by atoms with Gasteiger partial charge < -0.3 is 4.90 Å². The number of thiazole rings is 1. The SMILES string of the molecule is CCN(CC)CCN(C(=O)C=Cc1ccccc1Cl)c1nc2c(SC)cccc2s1.Cl. The molecule has 3 aromatic rings. The van der Waals surface area contributed by atoms with Crippen LogP contribution in [0.2, 0.25) is 5.02 Å². The molecule has 0 saturated carbocycles. The number of amides is 1. The van der Waals surface area contributed by atoms with Crippen molar-refractivity contribution in [3.8, 4) is 0 Å². The van der Waals surface area contributed by atoms with Crippen LogP contribution in [-0.2, 0) is 4.79 Å². The van der Waals surface area contributed by atoms with Crippen LogP contribution in [-0.4, -0.2) is 48.2 Å². The van der Waals surface area contributed by atoms with Crippen molar-refractivity contribution in [2.24, 2.45) is 0 Å². The molecule has 0 saturated heterocycles. The molecule has 3 rings (SSSR count). The number of anilines is 1. The van der Waals surface area contributed by atoms with Crippen molar-refractivity contribution >= 4 is 74.4 Å². The molecule has 1 amide bonds. The van der Waals surface area contributed by atoms with Gasteiger partial charge in [-0.15, -0.1) is 24.2 Å². The number of aromatic nitrogens is 1. The van der Waals surface area contributed by atoms with Crippen molar-refractivity contribution in [1.82, 2.24) is 9.88 Å². The Balaban J connectivity index is 0.00000341. The van der Waals surface area contributed by atoms with Gasteiger partial charge >= 0.3 is 0 Å². The Hall–Kier alpha value is -1.57. The second-order valence-electron chi connectivity index (χ2n) is 6.68. The molecule has 0 radical (unpaired) electrons. The van der Waals surface area contributed by atoms with Gasteiger partial charge in [0.15, 0.2) is 5.13 Å². The quantitative estimate of drug-likeness (QED) is 0.251. The maximum atomic E-state index is 13.2. The lowest BCUT2D eigenvalue weighted by Crippen LogP contribution is -2.38. The van der Waals surface area contributed by atoms with Crippen molar-refractivity contribution < 1.29 is 4.79 Å². The number of nitrogens with zero attached hydrogens (tertiary/aromatic N) is 3. The van der Waals surface area contributed by atoms with Crippen molar-refractivity contribution in [1.29, 1.82) is 0 Å². The van der Waals surface area contributed by atoms with Gasteiger partial charge in [-0.25, -0.2) is 4.98 Å². The van der Waals surface area contributed by atoms with Crippen LogP contribution in [0.15, 0.2) is 53.4 Å². The summed E-state index contributed by atoms with van der Waals surface area (Å²) in [5.41, 5.74) is 1.78. The summed E-state index contributed by atoms with van der Waals surface area (Å²) in [5.74, 6) is -0.0909. The summed E-state index contributed by atoms with van der Waals surface area (Å²) in [4.78, 5) is 23.2. The van der Waals surface area contributed by atoms with Crippen LogP contribution < -0.4 is 4.90 Å². The number of benzene rings is 2. The number of rotatable bonds is 9. The third-order valence-corrected chi connectivity index (χ3v) is 7.09. The number of halogens is 2. The highest BCUT2D eigenvalue weighted by Crippen LogP contribution is 2.34. The molecule has 31 heavy (non-hydrogen) atoms. The zero-order valence-corrected chi connectivity index (χ0v) is 21.1. The first kappa shape index (κ1) is 25.7. The predicted molar refractivity (Wildman–Crippen MR) is 139 cm³/mol. The molecule has 0 N–H and O–H groups in total. The van der Waals surface area contributed by atoms with Gasteiger partial charge in [-0.2, -0.15) is 0 Å². The predicted octanol–water partition coefficient (Wildman–Crippen LogP) is 6.48. The van der Waals surface area contributed by atoms with E-state index in [0.29, 0.717) is 11.6 Å². The molecule has 0 aliphatic carbocycles. The van der Waals surface area contributed by atoms with Gasteiger partial charge in [-0.3, -0.25) is 9.69 Å². The van der Waals surface area contributed by atoms with E-state index in [4.69, 9.17) is 16.6 Å². The van der Waals surface area contributed by atoms with Crippen molar-refractivity contribution in [3.63, 3.8) is 0 Å². The van der Waals surface area contributed by atoms with Crippen molar-refractivity contribution in [3.05, 3.63) is 59.1 Å². The number of thioether (sulfide) groups is 1. The highest BCUT2D eigenvalue weighted by molar-refractivity contribution is 7.98. The Morgan fingerprint density at radius 1 is 1.13 bits per heavy atom. The summed E-state index contributed by atoms with van der Waals surface area (Å²) >= 11 is 9.46.